The topological polar surface area (TPSA) is 38.9 Å². The highest BCUT2D eigenvalue weighted by molar-refractivity contribution is 5.65. The van der Waals surface area contributed by atoms with Crippen molar-refractivity contribution in [1.82, 2.24) is 24.2 Å². The third kappa shape index (κ3) is 3.81. The van der Waals surface area contributed by atoms with Gasteiger partial charge in [0.25, 0.3) is 0 Å². The maximum absolute atomic E-state index is 4.76. The van der Waals surface area contributed by atoms with Crippen LogP contribution in [-0.2, 0) is 6.54 Å². The molecule has 0 N–H and O–H groups in total. The Morgan fingerprint density at radius 1 is 1.12 bits per heavy atom. The van der Waals surface area contributed by atoms with Gasteiger partial charge >= 0.3 is 0 Å². The van der Waals surface area contributed by atoms with Crippen LogP contribution in [0.2, 0.25) is 0 Å². The van der Waals surface area contributed by atoms with E-state index < -0.39 is 0 Å². The van der Waals surface area contributed by atoms with Crippen molar-refractivity contribution in [2.24, 2.45) is 0 Å². The van der Waals surface area contributed by atoms with Gasteiger partial charge in [-0.1, -0.05) is 20.3 Å². The van der Waals surface area contributed by atoms with Gasteiger partial charge in [0, 0.05) is 30.4 Å². The molecule has 3 heterocycles. The molecule has 0 bridgehead atoms. The molecule has 0 saturated carbocycles. The van der Waals surface area contributed by atoms with E-state index in [1.54, 1.807) is 0 Å². The third-order valence-corrected chi connectivity index (χ3v) is 5.52. The van der Waals surface area contributed by atoms with E-state index in [0.717, 1.165) is 31.6 Å². The number of likely N-dealkylation sites (tertiary alicyclic amines) is 1. The standard InChI is InChI=1S/C20H33N5/c1-5-10-25-17(4)20(16(3)22-25)19-13-21-15-24(19)18(6-2)14-23-11-8-7-9-12-23/h13,15,18H,5-12,14H2,1-4H3/t18-/m0/s1. The molecule has 0 aromatic carbocycles. The predicted octanol–water partition coefficient (Wildman–Crippen LogP) is 4.21. The summed E-state index contributed by atoms with van der Waals surface area (Å²) in [5.74, 6) is 0. The maximum Gasteiger partial charge on any atom is 0.0954 e. The molecule has 0 spiro atoms. The summed E-state index contributed by atoms with van der Waals surface area (Å²) >= 11 is 0. The van der Waals surface area contributed by atoms with E-state index in [1.165, 1.54) is 49.3 Å². The smallest absolute Gasteiger partial charge is 0.0954 e. The number of piperidine rings is 1. The van der Waals surface area contributed by atoms with Crippen molar-refractivity contribution in [3.05, 3.63) is 23.9 Å². The van der Waals surface area contributed by atoms with Crippen LogP contribution in [0.1, 0.15) is 63.4 Å². The molecule has 1 aliphatic heterocycles. The second kappa shape index (κ2) is 8.17. The largest absolute Gasteiger partial charge is 0.326 e. The summed E-state index contributed by atoms with van der Waals surface area (Å²) in [7, 11) is 0. The van der Waals surface area contributed by atoms with Crippen molar-refractivity contribution in [3.63, 3.8) is 0 Å². The molecule has 0 amide bonds. The fraction of sp³-hybridized carbons (Fsp3) is 0.700. The number of imidazole rings is 1. The quantitative estimate of drug-likeness (QED) is 0.756. The molecule has 5 nitrogen and oxygen atoms in total. The Morgan fingerprint density at radius 3 is 2.56 bits per heavy atom. The molecule has 0 unspecified atom stereocenters. The lowest BCUT2D eigenvalue weighted by atomic mass is 10.1. The van der Waals surface area contributed by atoms with Crippen molar-refractivity contribution in [2.45, 2.75) is 72.4 Å². The Bertz CT molecular complexity index is 678. The highest BCUT2D eigenvalue weighted by atomic mass is 15.3. The lowest BCUT2D eigenvalue weighted by Gasteiger charge is -2.31. The van der Waals surface area contributed by atoms with Gasteiger partial charge in [0.15, 0.2) is 0 Å². The van der Waals surface area contributed by atoms with Crippen LogP contribution in [0.25, 0.3) is 11.3 Å². The molecule has 25 heavy (non-hydrogen) atoms. The van der Waals surface area contributed by atoms with Crippen molar-refractivity contribution in [2.75, 3.05) is 19.6 Å². The van der Waals surface area contributed by atoms with E-state index in [0.29, 0.717) is 6.04 Å². The van der Waals surface area contributed by atoms with Gasteiger partial charge in [-0.3, -0.25) is 4.68 Å². The average Bonchev–Trinajstić information content (AvgIpc) is 3.19. The summed E-state index contributed by atoms with van der Waals surface area (Å²) in [5.41, 5.74) is 4.86. The first-order valence-corrected chi connectivity index (χ1v) is 9.94. The molecule has 2 aromatic heterocycles. The zero-order valence-corrected chi connectivity index (χ0v) is 16.3. The minimum atomic E-state index is 0.476. The van der Waals surface area contributed by atoms with E-state index >= 15 is 0 Å². The van der Waals surface area contributed by atoms with Gasteiger partial charge in [-0.2, -0.15) is 5.10 Å². The summed E-state index contributed by atoms with van der Waals surface area (Å²) in [5, 5.41) is 4.76. The van der Waals surface area contributed by atoms with Crippen LogP contribution in [0.15, 0.2) is 12.5 Å². The first kappa shape index (κ1) is 18.2. The molecule has 2 aromatic rings. The van der Waals surface area contributed by atoms with Crippen LogP contribution in [-0.4, -0.2) is 43.9 Å². The number of hydrogen-bond donors (Lipinski definition) is 0. The zero-order chi connectivity index (χ0) is 17.8. The molecule has 138 valence electrons. The summed E-state index contributed by atoms with van der Waals surface area (Å²) in [6.07, 6.45) is 10.3. The molecule has 1 saturated heterocycles. The van der Waals surface area contributed by atoms with Crippen LogP contribution in [0.3, 0.4) is 0 Å². The Kier molecular flexibility index (Phi) is 5.94. The molecular weight excluding hydrogens is 310 g/mol. The van der Waals surface area contributed by atoms with Crippen molar-refractivity contribution >= 4 is 0 Å². The Balaban J connectivity index is 1.88. The lowest BCUT2D eigenvalue weighted by molar-refractivity contribution is 0.194. The third-order valence-electron chi connectivity index (χ3n) is 5.52. The fourth-order valence-corrected chi connectivity index (χ4v) is 4.14. The Labute approximate surface area is 152 Å². The van der Waals surface area contributed by atoms with E-state index in [2.05, 4.69) is 46.8 Å². The monoisotopic (exact) mass is 343 g/mol. The van der Waals surface area contributed by atoms with Crippen LogP contribution in [0.5, 0.6) is 0 Å². The number of aromatic nitrogens is 4. The molecule has 1 atom stereocenters. The van der Waals surface area contributed by atoms with Crippen LogP contribution >= 0.6 is 0 Å². The van der Waals surface area contributed by atoms with Gasteiger partial charge in [0.05, 0.1) is 23.9 Å². The summed E-state index contributed by atoms with van der Waals surface area (Å²) in [6.45, 7) is 13.4. The molecule has 1 aliphatic rings. The SMILES string of the molecule is CCCn1nc(C)c(-c2cncn2[C@@H](CC)CN2CCCCC2)c1C. The first-order chi connectivity index (χ1) is 12.2. The number of hydrogen-bond acceptors (Lipinski definition) is 3. The number of nitrogens with zero attached hydrogens (tertiary/aromatic N) is 5. The van der Waals surface area contributed by atoms with E-state index in [-0.39, 0.29) is 0 Å². The molecule has 3 rings (SSSR count). The minimum Gasteiger partial charge on any atom is -0.326 e. The van der Waals surface area contributed by atoms with E-state index in [4.69, 9.17) is 5.10 Å². The van der Waals surface area contributed by atoms with Gasteiger partial charge in [-0.15, -0.1) is 0 Å². The highest BCUT2D eigenvalue weighted by Gasteiger charge is 2.22. The second-order valence-electron chi connectivity index (χ2n) is 7.38. The summed E-state index contributed by atoms with van der Waals surface area (Å²) in [6, 6.07) is 0.476. The molecule has 5 heteroatoms. The first-order valence-electron chi connectivity index (χ1n) is 9.94. The molecular formula is C20H33N5. The molecule has 1 fully saturated rings. The van der Waals surface area contributed by atoms with Gasteiger partial charge < -0.3 is 9.47 Å². The van der Waals surface area contributed by atoms with E-state index in [9.17, 15) is 0 Å². The normalized spacial score (nSPS) is 17.1. The maximum atomic E-state index is 4.76. The van der Waals surface area contributed by atoms with E-state index in [1.807, 2.05) is 12.5 Å². The fourth-order valence-electron chi connectivity index (χ4n) is 4.14. The summed E-state index contributed by atoms with van der Waals surface area (Å²) < 4.78 is 4.54. The predicted molar refractivity (Wildman–Crippen MR) is 103 cm³/mol. The average molecular weight is 344 g/mol. The van der Waals surface area contributed by atoms with Crippen LogP contribution in [0.4, 0.5) is 0 Å². The lowest BCUT2D eigenvalue weighted by Crippen LogP contribution is -2.35. The van der Waals surface area contributed by atoms with Crippen LogP contribution < -0.4 is 0 Å². The van der Waals surface area contributed by atoms with Crippen molar-refractivity contribution in [1.29, 1.82) is 0 Å². The number of rotatable bonds is 7. The van der Waals surface area contributed by atoms with Crippen molar-refractivity contribution in [3.8, 4) is 11.3 Å². The Hall–Kier alpha value is -1.62. The zero-order valence-electron chi connectivity index (χ0n) is 16.3. The highest BCUT2D eigenvalue weighted by Crippen LogP contribution is 2.30. The molecule has 0 aliphatic carbocycles. The minimum absolute atomic E-state index is 0.476. The van der Waals surface area contributed by atoms with Crippen molar-refractivity contribution < 1.29 is 0 Å². The van der Waals surface area contributed by atoms with Gasteiger partial charge in [-0.25, -0.2) is 4.98 Å². The number of aryl methyl sites for hydroxylation is 2. The van der Waals surface area contributed by atoms with Gasteiger partial charge in [0.1, 0.15) is 0 Å². The molecule has 0 radical (unpaired) electrons. The van der Waals surface area contributed by atoms with Gasteiger partial charge in [-0.05, 0) is 52.6 Å². The van der Waals surface area contributed by atoms with Gasteiger partial charge in [0.2, 0.25) is 0 Å². The Morgan fingerprint density at radius 2 is 1.88 bits per heavy atom. The van der Waals surface area contributed by atoms with Crippen LogP contribution in [0, 0.1) is 13.8 Å². The summed E-state index contributed by atoms with van der Waals surface area (Å²) in [4.78, 5) is 7.13. The second-order valence-corrected chi connectivity index (χ2v) is 7.38.